The lowest BCUT2D eigenvalue weighted by atomic mass is 9.67. The van der Waals surface area contributed by atoms with Crippen LogP contribution in [0.25, 0.3) is 0 Å². The van der Waals surface area contributed by atoms with Gasteiger partial charge >= 0.3 is 0 Å². The van der Waals surface area contributed by atoms with E-state index in [1.807, 2.05) is 0 Å². The summed E-state index contributed by atoms with van der Waals surface area (Å²) in [5.41, 5.74) is 3.87. The van der Waals surface area contributed by atoms with Crippen LogP contribution in [0.4, 0.5) is 11.4 Å². The molecule has 2 aromatic rings. The number of hydrazone groups is 2. The first-order valence-corrected chi connectivity index (χ1v) is 9.48. The van der Waals surface area contributed by atoms with Crippen LogP contribution in [0.2, 0.25) is 0 Å². The van der Waals surface area contributed by atoms with E-state index >= 15 is 0 Å². The van der Waals surface area contributed by atoms with E-state index in [-0.39, 0.29) is 11.4 Å². The number of carbonyl (C=O) groups is 2. The van der Waals surface area contributed by atoms with Crippen molar-refractivity contribution in [2.45, 2.75) is 19.3 Å². The molecular formula is C20H18N6O6. The third-order valence-electron chi connectivity index (χ3n) is 5.00. The zero-order valence-electron chi connectivity index (χ0n) is 16.6. The van der Waals surface area contributed by atoms with Crippen molar-refractivity contribution in [2.24, 2.45) is 15.6 Å². The van der Waals surface area contributed by atoms with Gasteiger partial charge in [0.15, 0.2) is 0 Å². The Morgan fingerprint density at radius 3 is 1.62 bits per heavy atom. The normalized spacial score (nSPS) is 14.6. The van der Waals surface area contributed by atoms with Gasteiger partial charge in [-0.3, -0.25) is 29.8 Å². The molecule has 2 amide bonds. The lowest BCUT2D eigenvalue weighted by Crippen LogP contribution is -2.53. The highest BCUT2D eigenvalue weighted by atomic mass is 16.6. The van der Waals surface area contributed by atoms with Crippen LogP contribution in [0, 0.1) is 25.6 Å². The second-order valence-corrected chi connectivity index (χ2v) is 7.04. The maximum Gasteiger partial charge on any atom is 0.270 e. The lowest BCUT2D eigenvalue weighted by molar-refractivity contribution is -0.385. The highest BCUT2D eigenvalue weighted by molar-refractivity contribution is 6.06. The van der Waals surface area contributed by atoms with Crippen molar-refractivity contribution >= 4 is 35.6 Å². The third-order valence-corrected chi connectivity index (χ3v) is 5.00. The summed E-state index contributed by atoms with van der Waals surface area (Å²) in [5.74, 6) is -1.23. The van der Waals surface area contributed by atoms with E-state index in [4.69, 9.17) is 0 Å². The summed E-state index contributed by atoms with van der Waals surface area (Å²) >= 11 is 0. The highest BCUT2D eigenvalue weighted by Gasteiger charge is 2.51. The van der Waals surface area contributed by atoms with E-state index in [9.17, 15) is 29.8 Å². The molecule has 1 aliphatic carbocycles. The van der Waals surface area contributed by atoms with Crippen molar-refractivity contribution in [1.29, 1.82) is 0 Å². The fourth-order valence-electron chi connectivity index (χ4n) is 3.07. The van der Waals surface area contributed by atoms with Crippen LogP contribution in [0.5, 0.6) is 0 Å². The summed E-state index contributed by atoms with van der Waals surface area (Å²) in [7, 11) is 0. The fourth-order valence-corrected chi connectivity index (χ4v) is 3.07. The van der Waals surface area contributed by atoms with Gasteiger partial charge in [0.1, 0.15) is 5.41 Å². The first kappa shape index (κ1) is 22.2. The highest BCUT2D eigenvalue weighted by Crippen LogP contribution is 2.41. The summed E-state index contributed by atoms with van der Waals surface area (Å²) < 4.78 is 0. The SMILES string of the molecule is O=C(NN=Cc1cccc([N+](=O)[O-])c1)C1(C(=O)NN=Cc2cccc([N+](=O)[O-])c2)CCC1. The van der Waals surface area contributed by atoms with Gasteiger partial charge in [0.05, 0.1) is 22.3 Å². The lowest BCUT2D eigenvalue weighted by Gasteiger charge is -2.36. The average molecular weight is 438 g/mol. The number of amides is 2. The molecule has 1 saturated carbocycles. The molecule has 32 heavy (non-hydrogen) atoms. The molecule has 0 radical (unpaired) electrons. The summed E-state index contributed by atoms with van der Waals surface area (Å²) in [6.07, 6.45) is 3.78. The molecule has 1 fully saturated rings. The molecule has 0 aromatic heterocycles. The summed E-state index contributed by atoms with van der Waals surface area (Å²) in [6.45, 7) is 0. The predicted molar refractivity (Wildman–Crippen MR) is 114 cm³/mol. The number of rotatable bonds is 8. The molecule has 12 heteroatoms. The van der Waals surface area contributed by atoms with Gasteiger partial charge in [-0.2, -0.15) is 10.2 Å². The summed E-state index contributed by atoms with van der Waals surface area (Å²) in [4.78, 5) is 45.7. The van der Waals surface area contributed by atoms with Gasteiger partial charge in [-0.05, 0) is 12.8 Å². The van der Waals surface area contributed by atoms with Crippen LogP contribution in [0.15, 0.2) is 58.7 Å². The van der Waals surface area contributed by atoms with E-state index in [1.54, 1.807) is 12.1 Å². The number of non-ortho nitro benzene ring substituents is 2. The molecule has 0 bridgehead atoms. The molecule has 0 aliphatic heterocycles. The molecule has 0 saturated heterocycles. The molecule has 2 N–H and O–H groups in total. The largest absolute Gasteiger partial charge is 0.272 e. The molecule has 3 rings (SSSR count). The quantitative estimate of drug-likeness (QED) is 0.277. The van der Waals surface area contributed by atoms with E-state index < -0.39 is 27.1 Å². The number of nitro benzene ring substituents is 2. The maximum atomic E-state index is 12.6. The van der Waals surface area contributed by atoms with Crippen LogP contribution in [0.1, 0.15) is 30.4 Å². The Labute approximate surface area is 181 Å². The van der Waals surface area contributed by atoms with Crippen molar-refractivity contribution in [3.8, 4) is 0 Å². The minimum absolute atomic E-state index is 0.114. The Balaban J connectivity index is 1.61. The van der Waals surface area contributed by atoms with Crippen molar-refractivity contribution < 1.29 is 19.4 Å². The molecule has 1 aliphatic rings. The van der Waals surface area contributed by atoms with Gasteiger partial charge in [-0.15, -0.1) is 0 Å². The van der Waals surface area contributed by atoms with Crippen molar-refractivity contribution in [2.75, 3.05) is 0 Å². The van der Waals surface area contributed by atoms with Gasteiger partial charge < -0.3 is 0 Å². The first-order chi connectivity index (χ1) is 15.3. The minimum atomic E-state index is -1.33. The van der Waals surface area contributed by atoms with Gasteiger partial charge in [0.2, 0.25) is 0 Å². The van der Waals surface area contributed by atoms with Crippen molar-refractivity contribution in [1.82, 2.24) is 10.9 Å². The molecule has 0 unspecified atom stereocenters. The van der Waals surface area contributed by atoms with Crippen LogP contribution in [-0.4, -0.2) is 34.1 Å². The molecule has 164 valence electrons. The van der Waals surface area contributed by atoms with Crippen LogP contribution in [0.3, 0.4) is 0 Å². The van der Waals surface area contributed by atoms with Gasteiger partial charge in [-0.1, -0.05) is 30.7 Å². The molecule has 0 atom stereocenters. The Morgan fingerprint density at radius 2 is 1.28 bits per heavy atom. The van der Waals surface area contributed by atoms with E-state index in [0.29, 0.717) is 30.4 Å². The summed E-state index contributed by atoms with van der Waals surface area (Å²) in [6, 6.07) is 11.4. The number of nitrogens with zero attached hydrogens (tertiary/aromatic N) is 4. The molecule has 12 nitrogen and oxygen atoms in total. The van der Waals surface area contributed by atoms with Gasteiger partial charge in [0.25, 0.3) is 23.2 Å². The number of benzene rings is 2. The monoisotopic (exact) mass is 438 g/mol. The second-order valence-electron chi connectivity index (χ2n) is 7.04. The fraction of sp³-hybridized carbons (Fsp3) is 0.200. The van der Waals surface area contributed by atoms with Crippen molar-refractivity contribution in [3.05, 3.63) is 79.9 Å². The standard InChI is InChI=1S/C20H18N6O6/c27-18(23-21-12-14-4-1-6-16(10-14)25(29)30)20(8-3-9-20)19(28)24-22-13-15-5-2-7-17(11-15)26(31)32/h1-2,4-7,10-13H,3,8-9H2,(H,23,27)(H,24,28). The number of nitrogens with one attached hydrogen (secondary N) is 2. The Hall–Kier alpha value is -4.48. The smallest absolute Gasteiger partial charge is 0.270 e. The Kier molecular flexibility index (Phi) is 6.63. The summed E-state index contributed by atoms with van der Waals surface area (Å²) in [5, 5.41) is 29.2. The molecule has 0 spiro atoms. The third kappa shape index (κ3) is 4.98. The minimum Gasteiger partial charge on any atom is -0.272 e. The predicted octanol–water partition coefficient (Wildman–Crippen LogP) is 2.27. The Bertz CT molecular complexity index is 1040. The van der Waals surface area contributed by atoms with Gasteiger partial charge in [-0.25, -0.2) is 10.9 Å². The zero-order chi connectivity index (χ0) is 23.1. The molecule has 2 aromatic carbocycles. The maximum absolute atomic E-state index is 12.6. The van der Waals surface area contributed by atoms with Gasteiger partial charge in [0, 0.05) is 35.4 Å². The van der Waals surface area contributed by atoms with E-state index in [2.05, 4.69) is 21.1 Å². The number of nitro groups is 2. The number of hydrogen-bond acceptors (Lipinski definition) is 8. The Morgan fingerprint density at radius 1 is 0.844 bits per heavy atom. The zero-order valence-corrected chi connectivity index (χ0v) is 16.6. The first-order valence-electron chi connectivity index (χ1n) is 9.48. The molecule has 0 heterocycles. The topological polar surface area (TPSA) is 169 Å². The van der Waals surface area contributed by atoms with Crippen LogP contribution in [-0.2, 0) is 9.59 Å². The van der Waals surface area contributed by atoms with E-state index in [1.165, 1.54) is 48.8 Å². The van der Waals surface area contributed by atoms with Crippen molar-refractivity contribution in [3.63, 3.8) is 0 Å². The van der Waals surface area contributed by atoms with E-state index in [0.717, 1.165) is 0 Å². The average Bonchev–Trinajstić information content (AvgIpc) is 2.73. The van der Waals surface area contributed by atoms with Crippen LogP contribution >= 0.6 is 0 Å². The van der Waals surface area contributed by atoms with Crippen LogP contribution < -0.4 is 10.9 Å². The number of hydrogen-bond donors (Lipinski definition) is 2. The number of carbonyl (C=O) groups excluding carboxylic acids is 2. The second kappa shape index (κ2) is 9.55. The molecular weight excluding hydrogens is 420 g/mol.